The first kappa shape index (κ1) is 49.0. The normalized spacial score (nSPS) is 22.3. The maximum Gasteiger partial charge on any atom is 0.472 e. The number of nitriles is 1. The fourth-order valence-corrected chi connectivity index (χ4v) is 9.05. The van der Waals surface area contributed by atoms with E-state index in [-0.39, 0.29) is 32.0 Å². The van der Waals surface area contributed by atoms with Crippen molar-refractivity contribution in [1.29, 1.82) is 5.26 Å². The Morgan fingerprint density at radius 2 is 1.54 bits per heavy atom. The Morgan fingerprint density at radius 1 is 0.902 bits per heavy atom. The molecule has 2 aliphatic heterocycles. The highest BCUT2D eigenvalue weighted by Gasteiger charge is 2.62. The second-order valence-electron chi connectivity index (χ2n) is 17.1. The van der Waals surface area contributed by atoms with E-state index >= 15 is 0 Å². The molecule has 340 valence electrons. The van der Waals surface area contributed by atoms with E-state index in [1.165, 1.54) is 108 Å². The van der Waals surface area contributed by atoms with Gasteiger partial charge in [-0.1, -0.05) is 110 Å². The molecule has 3 N–H and O–H groups in total. The van der Waals surface area contributed by atoms with Gasteiger partial charge in [0.05, 0.1) is 43.8 Å². The van der Waals surface area contributed by atoms with Crippen molar-refractivity contribution in [3.63, 3.8) is 0 Å². The number of nitrogens with zero attached hydrogens (tertiary/aromatic N) is 4. The molecule has 3 aromatic rings. The number of phosphoric acid groups is 1. The lowest BCUT2D eigenvalue weighted by Crippen LogP contribution is -2.39. The fourth-order valence-electron chi connectivity index (χ4n) is 8.28. The Bertz CT molecular complexity index is 1880. The Kier molecular flexibility index (Phi) is 19.4. The minimum Gasteiger partial charge on any atom is -0.382 e. The fraction of sp³-hybridized carbons (Fsp3) is 0.711. The number of benzene rings is 1. The van der Waals surface area contributed by atoms with Gasteiger partial charge in [0, 0.05) is 6.61 Å². The number of halogens is 1. The minimum absolute atomic E-state index is 0.0622. The lowest BCUT2D eigenvalue weighted by molar-refractivity contribution is -0.212. The molecule has 0 saturated carbocycles. The van der Waals surface area contributed by atoms with Crippen molar-refractivity contribution < 1.29 is 46.6 Å². The molecule has 2 saturated heterocycles. The Labute approximate surface area is 361 Å². The zero-order valence-electron chi connectivity index (χ0n) is 36.7. The van der Waals surface area contributed by atoms with Gasteiger partial charge in [-0.05, 0) is 63.1 Å². The van der Waals surface area contributed by atoms with Crippen LogP contribution >= 0.6 is 7.82 Å². The number of phosphoric ester groups is 1. The number of nitrogens with two attached hydrogens (primary N) is 1. The van der Waals surface area contributed by atoms with Gasteiger partial charge in [0.1, 0.15) is 47.7 Å². The molecule has 5 rings (SSSR count). The van der Waals surface area contributed by atoms with Gasteiger partial charge in [0.2, 0.25) is 0 Å². The van der Waals surface area contributed by atoms with Gasteiger partial charge in [0.25, 0.3) is 0 Å². The van der Waals surface area contributed by atoms with Gasteiger partial charge in [-0.2, -0.15) is 10.4 Å². The smallest absolute Gasteiger partial charge is 0.382 e. The average Bonchev–Trinajstić information content (AvgIpc) is 3.89. The van der Waals surface area contributed by atoms with E-state index in [9.17, 15) is 19.1 Å². The third-order valence-electron chi connectivity index (χ3n) is 11.5. The van der Waals surface area contributed by atoms with E-state index in [0.717, 1.165) is 25.3 Å². The highest BCUT2D eigenvalue weighted by molar-refractivity contribution is 7.47. The summed E-state index contributed by atoms with van der Waals surface area (Å²) in [4.78, 5) is 14.9. The van der Waals surface area contributed by atoms with Crippen molar-refractivity contribution in [2.45, 2.75) is 179 Å². The number of ether oxygens (including phenoxy) is 5. The molecule has 61 heavy (non-hydrogen) atoms. The first-order chi connectivity index (χ1) is 29.3. The molecule has 4 heterocycles. The molecule has 1 aromatic carbocycles. The van der Waals surface area contributed by atoms with Crippen LogP contribution in [0.15, 0.2) is 36.7 Å². The van der Waals surface area contributed by atoms with Gasteiger partial charge < -0.3 is 34.3 Å². The molecule has 14 nitrogen and oxygen atoms in total. The van der Waals surface area contributed by atoms with E-state index in [4.69, 9.17) is 38.5 Å². The van der Waals surface area contributed by atoms with Gasteiger partial charge in [0.15, 0.2) is 11.6 Å². The van der Waals surface area contributed by atoms with Crippen LogP contribution in [-0.2, 0) is 49.5 Å². The molecule has 16 heteroatoms. The zero-order valence-corrected chi connectivity index (χ0v) is 37.6. The van der Waals surface area contributed by atoms with Crippen molar-refractivity contribution in [1.82, 2.24) is 14.6 Å². The van der Waals surface area contributed by atoms with Crippen LogP contribution in [0.1, 0.15) is 154 Å². The number of hydrogen-bond acceptors (Lipinski definition) is 12. The van der Waals surface area contributed by atoms with Crippen LogP contribution in [0, 0.1) is 17.1 Å². The van der Waals surface area contributed by atoms with E-state index < -0.39 is 49.4 Å². The summed E-state index contributed by atoms with van der Waals surface area (Å²) < 4.78 is 71.0. The number of rotatable bonds is 30. The van der Waals surface area contributed by atoms with Crippen LogP contribution in [0.5, 0.6) is 0 Å². The van der Waals surface area contributed by atoms with E-state index in [1.54, 1.807) is 24.4 Å². The van der Waals surface area contributed by atoms with Crippen molar-refractivity contribution in [2.75, 3.05) is 32.2 Å². The molecular formula is C45H69FN5O9P. The molecule has 0 spiro atoms. The van der Waals surface area contributed by atoms with Crippen molar-refractivity contribution in [2.24, 2.45) is 0 Å². The Hall–Kier alpha value is -3.03. The van der Waals surface area contributed by atoms with Gasteiger partial charge in [-0.15, -0.1) is 0 Å². The van der Waals surface area contributed by atoms with Crippen molar-refractivity contribution in [3.05, 3.63) is 59.3 Å². The molecule has 2 aromatic heterocycles. The van der Waals surface area contributed by atoms with Crippen LogP contribution in [0.2, 0.25) is 0 Å². The monoisotopic (exact) mass is 873 g/mol. The molecule has 0 radical (unpaired) electrons. The van der Waals surface area contributed by atoms with Crippen LogP contribution in [0.25, 0.3) is 5.52 Å². The molecule has 2 fully saturated rings. The lowest BCUT2D eigenvalue weighted by Gasteiger charge is -2.31. The van der Waals surface area contributed by atoms with Gasteiger partial charge in [-0.25, -0.2) is 18.5 Å². The summed E-state index contributed by atoms with van der Waals surface area (Å²) >= 11 is 0. The maximum atomic E-state index is 14.2. The Morgan fingerprint density at radius 3 is 2.18 bits per heavy atom. The van der Waals surface area contributed by atoms with Crippen LogP contribution in [0.4, 0.5) is 10.2 Å². The SMILES string of the molecule is CCCCCCCCCCCCCCCCCCCOC[C@H](COP(=O)(O)OC[C@H]1O[C@@](C)(c2ccc3c(N)ncnn23)[C@@H]2OC(C)(C)O[C@@H]21)OCc1cc(F)cc(C#N)c1. The maximum absolute atomic E-state index is 14.2. The molecule has 6 atom stereocenters. The van der Waals surface area contributed by atoms with Crippen molar-refractivity contribution >= 4 is 19.2 Å². The summed E-state index contributed by atoms with van der Waals surface area (Å²) in [7, 11) is -4.67. The summed E-state index contributed by atoms with van der Waals surface area (Å²) in [5.74, 6) is -1.23. The second-order valence-corrected chi connectivity index (χ2v) is 18.6. The van der Waals surface area contributed by atoms with Gasteiger partial charge >= 0.3 is 7.82 Å². The van der Waals surface area contributed by atoms with Crippen LogP contribution in [-0.4, -0.2) is 76.1 Å². The van der Waals surface area contributed by atoms with E-state index in [2.05, 4.69) is 17.0 Å². The second kappa shape index (κ2) is 24.1. The standard InChI is InChI=1S/C45H69FN5O9P/c1-5-6-7-8-9-10-11-12-13-14-15-16-17-18-19-20-21-24-54-30-37(55-29-35-25-34(28-47)26-36(46)27-35)31-56-61(52,53)57-32-39-41-42(60-44(2,3)59-41)45(4,58-39)40-23-22-38-43(48)49-33-50-51(38)40/h22-23,25-27,33,37,39,41-42H,5-21,24,29-32H2,1-4H3,(H,52,53)(H2,48,49,50)/t37-,39-,41-,42-,45+/m1/s1. The molecule has 0 amide bonds. The summed E-state index contributed by atoms with van der Waals surface area (Å²) in [6, 6.07) is 9.48. The molecular weight excluding hydrogens is 804 g/mol. The average molecular weight is 874 g/mol. The molecule has 1 unspecified atom stereocenters. The highest BCUT2D eigenvalue weighted by Crippen LogP contribution is 2.51. The lowest BCUT2D eigenvalue weighted by atomic mass is 9.93. The quantitative estimate of drug-likeness (QED) is 0.0477. The zero-order chi connectivity index (χ0) is 43.7. The third-order valence-corrected chi connectivity index (χ3v) is 12.5. The topological polar surface area (TPSA) is 182 Å². The number of fused-ring (bicyclic) bond motifs is 2. The number of nitrogen functional groups attached to an aromatic ring is 1. The van der Waals surface area contributed by atoms with Crippen molar-refractivity contribution in [3.8, 4) is 6.07 Å². The molecule has 2 aliphatic rings. The predicted octanol–water partition coefficient (Wildman–Crippen LogP) is 9.84. The van der Waals surface area contributed by atoms with E-state index in [0.29, 0.717) is 29.2 Å². The molecule has 0 bridgehead atoms. The number of hydrogen-bond donors (Lipinski definition) is 2. The number of aromatic nitrogens is 3. The minimum atomic E-state index is -4.67. The first-order valence-electron chi connectivity index (χ1n) is 22.5. The first-order valence-corrected chi connectivity index (χ1v) is 24.0. The predicted molar refractivity (Wildman–Crippen MR) is 230 cm³/mol. The third kappa shape index (κ3) is 15.0. The largest absolute Gasteiger partial charge is 0.472 e. The summed E-state index contributed by atoms with van der Waals surface area (Å²) in [5, 5.41) is 13.7. The number of anilines is 1. The number of unbranched alkanes of at least 4 members (excludes halogenated alkanes) is 16. The van der Waals surface area contributed by atoms with Crippen LogP contribution in [0.3, 0.4) is 0 Å². The molecule has 0 aliphatic carbocycles. The highest BCUT2D eigenvalue weighted by atomic mass is 31.2. The van der Waals surface area contributed by atoms with Crippen LogP contribution < -0.4 is 5.73 Å². The Balaban J connectivity index is 1.05. The van der Waals surface area contributed by atoms with E-state index in [1.807, 2.05) is 19.1 Å². The summed E-state index contributed by atoms with van der Waals surface area (Å²) in [6.45, 7) is 7.44. The summed E-state index contributed by atoms with van der Waals surface area (Å²) in [5.41, 5.74) is 6.79. The summed E-state index contributed by atoms with van der Waals surface area (Å²) in [6.07, 6.45) is 20.3. The van der Waals surface area contributed by atoms with Gasteiger partial charge in [-0.3, -0.25) is 9.05 Å².